The molecule has 2 aliphatic rings. The van der Waals surface area contributed by atoms with Crippen LogP contribution in [-0.4, -0.2) is 5.11 Å². The number of benzene rings is 1. The van der Waals surface area contributed by atoms with E-state index in [1.807, 2.05) is 0 Å². The maximum atomic E-state index is 11.2. The van der Waals surface area contributed by atoms with Crippen molar-refractivity contribution < 1.29 is 5.11 Å². The minimum atomic E-state index is 0.0526. The third-order valence-electron chi connectivity index (χ3n) is 8.29. The van der Waals surface area contributed by atoms with Crippen LogP contribution in [0, 0.1) is 16.7 Å². The summed E-state index contributed by atoms with van der Waals surface area (Å²) in [6, 6.07) is 4.49. The number of thiol groups is 1. The molecule has 1 aromatic carbocycles. The molecule has 0 spiro atoms. The van der Waals surface area contributed by atoms with Crippen molar-refractivity contribution in [3.63, 3.8) is 0 Å². The zero-order valence-corrected chi connectivity index (χ0v) is 20.2. The van der Waals surface area contributed by atoms with Gasteiger partial charge in [0.1, 0.15) is 5.75 Å². The lowest BCUT2D eigenvalue weighted by atomic mass is 9.47. The Kier molecular flexibility index (Phi) is 5.72. The summed E-state index contributed by atoms with van der Waals surface area (Å²) >= 11 is 4.54. The molecule has 0 amide bonds. The van der Waals surface area contributed by atoms with E-state index in [0.717, 1.165) is 11.5 Å². The average Bonchev–Trinajstić information content (AvgIpc) is 2.59. The lowest BCUT2D eigenvalue weighted by Gasteiger charge is -2.58. The van der Waals surface area contributed by atoms with Crippen LogP contribution in [0.1, 0.15) is 110 Å². The van der Waals surface area contributed by atoms with Gasteiger partial charge in [0.05, 0.1) is 0 Å². The molecule has 1 N–H and O–H groups in total. The number of hydrogen-bond acceptors (Lipinski definition) is 2. The van der Waals surface area contributed by atoms with Crippen molar-refractivity contribution in [1.29, 1.82) is 0 Å². The molecule has 4 unspecified atom stereocenters. The summed E-state index contributed by atoms with van der Waals surface area (Å²) in [7, 11) is 0. The van der Waals surface area contributed by atoms with Gasteiger partial charge in [0, 0.05) is 16.9 Å². The van der Waals surface area contributed by atoms with Gasteiger partial charge in [-0.25, -0.2) is 0 Å². The summed E-state index contributed by atoms with van der Waals surface area (Å²) in [6.45, 7) is 16.5. The molecule has 0 aromatic heterocycles. The lowest BCUT2D eigenvalue weighted by molar-refractivity contribution is -0.0444. The topological polar surface area (TPSA) is 20.2 Å². The smallest absolute Gasteiger partial charge is 0.123 e. The Hall–Kier alpha value is -0.630. The van der Waals surface area contributed by atoms with Crippen molar-refractivity contribution in [2.24, 2.45) is 16.7 Å². The molecule has 2 bridgehead atoms. The van der Waals surface area contributed by atoms with Crippen LogP contribution in [0.4, 0.5) is 0 Å². The second kappa shape index (κ2) is 7.25. The maximum absolute atomic E-state index is 11.2. The van der Waals surface area contributed by atoms with Crippen molar-refractivity contribution in [2.75, 3.05) is 0 Å². The van der Waals surface area contributed by atoms with Crippen LogP contribution in [0.5, 0.6) is 5.75 Å². The number of rotatable bonds is 4. The van der Waals surface area contributed by atoms with E-state index < -0.39 is 0 Å². The van der Waals surface area contributed by atoms with Gasteiger partial charge in [-0.05, 0) is 65.2 Å². The molecule has 4 atom stereocenters. The molecule has 28 heavy (non-hydrogen) atoms. The zero-order valence-electron chi connectivity index (χ0n) is 19.3. The second-order valence-electron chi connectivity index (χ2n) is 11.9. The minimum Gasteiger partial charge on any atom is -0.507 e. The van der Waals surface area contributed by atoms with Crippen LogP contribution in [0.15, 0.2) is 12.1 Å². The second-order valence-corrected chi connectivity index (χ2v) is 12.2. The average molecular weight is 403 g/mol. The highest BCUT2D eigenvalue weighted by molar-refractivity contribution is 7.79. The first kappa shape index (κ1) is 22.1. The van der Waals surface area contributed by atoms with E-state index in [1.54, 1.807) is 0 Å². The fraction of sp³-hybridized carbons (Fsp3) is 0.769. The molecular formula is C26H42OS. The molecular weight excluding hydrogens is 360 g/mol. The number of fused-ring (bicyclic) bond motifs is 2. The first-order valence-electron chi connectivity index (χ1n) is 11.4. The van der Waals surface area contributed by atoms with E-state index in [4.69, 9.17) is 0 Å². The van der Waals surface area contributed by atoms with Gasteiger partial charge < -0.3 is 5.11 Å². The summed E-state index contributed by atoms with van der Waals surface area (Å²) in [5.74, 6) is 1.87. The highest BCUT2D eigenvalue weighted by Crippen LogP contribution is 2.63. The molecule has 0 radical (unpaired) electrons. The van der Waals surface area contributed by atoms with Crippen LogP contribution in [0.2, 0.25) is 0 Å². The van der Waals surface area contributed by atoms with Crippen molar-refractivity contribution >= 4 is 12.6 Å². The Balaban J connectivity index is 2.09. The summed E-state index contributed by atoms with van der Waals surface area (Å²) in [6.07, 6.45) is 9.03. The number of phenolic OH excluding ortho intramolecular Hbond substituents is 1. The zero-order chi connectivity index (χ0) is 21.0. The van der Waals surface area contributed by atoms with Crippen LogP contribution in [-0.2, 0) is 16.6 Å². The maximum Gasteiger partial charge on any atom is 0.123 e. The molecule has 1 nitrogen and oxygen atoms in total. The SMILES string of the molecule is CCC1(C)CC2CC(CC)(C1)CC(C)(c1cc(C(C)(C)C)cc(CS)c1O)C2. The van der Waals surface area contributed by atoms with Gasteiger partial charge in [0.15, 0.2) is 0 Å². The molecule has 158 valence electrons. The van der Waals surface area contributed by atoms with Gasteiger partial charge in [-0.15, -0.1) is 0 Å². The highest BCUT2D eigenvalue weighted by atomic mass is 32.1. The number of hydrogen-bond donors (Lipinski definition) is 2. The van der Waals surface area contributed by atoms with Gasteiger partial charge in [-0.1, -0.05) is 73.4 Å². The third-order valence-corrected chi connectivity index (χ3v) is 8.63. The van der Waals surface area contributed by atoms with E-state index in [-0.39, 0.29) is 10.8 Å². The molecule has 0 saturated heterocycles. The van der Waals surface area contributed by atoms with Gasteiger partial charge >= 0.3 is 0 Å². The molecule has 2 heteroatoms. The first-order chi connectivity index (χ1) is 12.9. The third kappa shape index (κ3) is 3.87. The van der Waals surface area contributed by atoms with Crippen LogP contribution < -0.4 is 0 Å². The number of phenols is 1. The van der Waals surface area contributed by atoms with Gasteiger partial charge in [0.25, 0.3) is 0 Å². The normalized spacial score (nSPS) is 35.8. The molecule has 0 heterocycles. The van der Waals surface area contributed by atoms with Crippen LogP contribution >= 0.6 is 12.6 Å². The number of aromatic hydroxyl groups is 1. The van der Waals surface area contributed by atoms with Crippen molar-refractivity contribution in [2.45, 2.75) is 110 Å². The van der Waals surface area contributed by atoms with Crippen LogP contribution in [0.25, 0.3) is 0 Å². The summed E-state index contributed by atoms with van der Waals surface area (Å²) < 4.78 is 0. The quantitative estimate of drug-likeness (QED) is 0.492. The van der Waals surface area contributed by atoms with E-state index in [9.17, 15) is 5.11 Å². The predicted octanol–water partition coefficient (Wildman–Crippen LogP) is 7.78. The molecule has 2 fully saturated rings. The standard InChI is InChI=1S/C26H42OS/c1-8-24(6)12-18-13-25(7,17-26(9-2,14-18)16-24)21-11-20(23(3,4)5)10-19(15-28)22(21)27/h10-11,18,27-28H,8-9,12-17H2,1-7H3. The van der Waals surface area contributed by atoms with Gasteiger partial charge in [0.2, 0.25) is 0 Å². The fourth-order valence-corrected chi connectivity index (χ4v) is 7.07. The Morgan fingerprint density at radius 3 is 2.25 bits per heavy atom. The fourth-order valence-electron chi connectivity index (χ4n) is 6.82. The van der Waals surface area contributed by atoms with Crippen molar-refractivity contribution in [3.8, 4) is 5.75 Å². The first-order valence-corrected chi connectivity index (χ1v) is 12.0. The monoisotopic (exact) mass is 402 g/mol. The van der Waals surface area contributed by atoms with E-state index in [1.165, 1.54) is 56.1 Å². The van der Waals surface area contributed by atoms with Crippen LogP contribution in [0.3, 0.4) is 0 Å². The summed E-state index contributed by atoms with van der Waals surface area (Å²) in [5.41, 5.74) is 4.54. The molecule has 0 aliphatic heterocycles. The largest absolute Gasteiger partial charge is 0.507 e. The predicted molar refractivity (Wildman–Crippen MR) is 125 cm³/mol. The molecule has 3 rings (SSSR count). The Bertz CT molecular complexity index is 731. The highest BCUT2D eigenvalue weighted by Gasteiger charge is 2.53. The minimum absolute atomic E-state index is 0.0526. The molecule has 2 saturated carbocycles. The van der Waals surface area contributed by atoms with Gasteiger partial charge in [-0.2, -0.15) is 12.6 Å². The van der Waals surface area contributed by atoms with Crippen molar-refractivity contribution in [3.05, 3.63) is 28.8 Å². The van der Waals surface area contributed by atoms with E-state index in [2.05, 4.69) is 73.2 Å². The van der Waals surface area contributed by atoms with Gasteiger partial charge in [-0.3, -0.25) is 0 Å². The summed E-state index contributed by atoms with van der Waals surface area (Å²) in [4.78, 5) is 0. The lowest BCUT2D eigenvalue weighted by Crippen LogP contribution is -2.48. The molecule has 2 aliphatic carbocycles. The molecule has 1 aromatic rings. The Morgan fingerprint density at radius 1 is 1.04 bits per heavy atom. The Labute approximate surface area is 179 Å². The van der Waals surface area contributed by atoms with Crippen molar-refractivity contribution in [1.82, 2.24) is 0 Å². The van der Waals surface area contributed by atoms with E-state index in [0.29, 0.717) is 22.3 Å². The Morgan fingerprint density at radius 2 is 1.71 bits per heavy atom. The summed E-state index contributed by atoms with van der Waals surface area (Å²) in [5, 5.41) is 11.2. The van der Waals surface area contributed by atoms with E-state index >= 15 is 0 Å².